The number of aromatic amines is 1. The second-order valence-electron chi connectivity index (χ2n) is 5.70. The number of nitrogens with one attached hydrogen (secondary N) is 1. The monoisotopic (exact) mass is 349 g/mol. The van der Waals surface area contributed by atoms with E-state index in [0.717, 1.165) is 16.5 Å². The summed E-state index contributed by atoms with van der Waals surface area (Å²) >= 11 is 6.00. The Kier molecular flexibility index (Phi) is 4.87. The van der Waals surface area contributed by atoms with Gasteiger partial charge in [0, 0.05) is 29.0 Å². The lowest BCUT2D eigenvalue weighted by Gasteiger charge is -2.20. The molecule has 1 amide bonds. The predicted octanol–water partition coefficient (Wildman–Crippen LogP) is 4.52. The first kappa shape index (κ1) is 16.8. The summed E-state index contributed by atoms with van der Waals surface area (Å²) in [7, 11) is 0. The Bertz CT molecular complexity index is 967. The van der Waals surface area contributed by atoms with Crippen molar-refractivity contribution in [3.8, 4) is 6.07 Å². The molecule has 0 aliphatic heterocycles. The van der Waals surface area contributed by atoms with Crippen LogP contribution in [0, 0.1) is 11.3 Å². The van der Waals surface area contributed by atoms with Gasteiger partial charge in [0.2, 0.25) is 0 Å². The average molecular weight is 350 g/mol. The third-order valence-electron chi connectivity index (χ3n) is 3.91. The SMILES string of the molecule is C=CCN(Cc1ccc(C#N)cc1)C(=O)c1cc2ccc(Cl)cc2[nH]1. The molecule has 0 atom stereocenters. The topological polar surface area (TPSA) is 59.9 Å². The number of H-pyrrole nitrogens is 1. The van der Waals surface area contributed by atoms with Crippen molar-refractivity contribution in [3.05, 3.63) is 83.0 Å². The van der Waals surface area contributed by atoms with Gasteiger partial charge < -0.3 is 9.88 Å². The third kappa shape index (κ3) is 3.73. The van der Waals surface area contributed by atoms with Crippen molar-refractivity contribution in [2.75, 3.05) is 6.54 Å². The number of carbonyl (C=O) groups excluding carboxylic acids is 1. The molecule has 0 bridgehead atoms. The van der Waals surface area contributed by atoms with Crippen molar-refractivity contribution in [3.63, 3.8) is 0 Å². The summed E-state index contributed by atoms with van der Waals surface area (Å²) in [5, 5.41) is 10.4. The summed E-state index contributed by atoms with van der Waals surface area (Å²) in [6.45, 7) is 4.60. The maximum Gasteiger partial charge on any atom is 0.270 e. The molecule has 3 aromatic rings. The first-order valence-corrected chi connectivity index (χ1v) is 8.16. The summed E-state index contributed by atoms with van der Waals surface area (Å²) in [6, 6.07) is 16.6. The fourth-order valence-electron chi connectivity index (χ4n) is 2.67. The van der Waals surface area contributed by atoms with Crippen molar-refractivity contribution in [2.24, 2.45) is 0 Å². The van der Waals surface area contributed by atoms with Gasteiger partial charge >= 0.3 is 0 Å². The summed E-state index contributed by atoms with van der Waals surface area (Å²) in [5.41, 5.74) is 2.88. The molecule has 4 nitrogen and oxygen atoms in total. The standard InChI is InChI=1S/C20H16ClN3O/c1-2-9-24(13-15-5-3-14(12-22)4-6-15)20(25)19-10-16-7-8-17(21)11-18(16)23-19/h2-8,10-11,23H,1,9,13H2. The molecule has 0 aliphatic carbocycles. The fourth-order valence-corrected chi connectivity index (χ4v) is 2.84. The number of fused-ring (bicyclic) bond motifs is 1. The summed E-state index contributed by atoms with van der Waals surface area (Å²) in [4.78, 5) is 17.7. The lowest BCUT2D eigenvalue weighted by molar-refractivity contribution is 0.0758. The largest absolute Gasteiger partial charge is 0.350 e. The highest BCUT2D eigenvalue weighted by atomic mass is 35.5. The van der Waals surface area contributed by atoms with E-state index in [4.69, 9.17) is 16.9 Å². The smallest absolute Gasteiger partial charge is 0.270 e. The number of hydrogen-bond donors (Lipinski definition) is 1. The van der Waals surface area contributed by atoms with Crippen LogP contribution in [0.5, 0.6) is 0 Å². The number of nitrogens with zero attached hydrogens (tertiary/aromatic N) is 2. The molecule has 0 spiro atoms. The highest BCUT2D eigenvalue weighted by molar-refractivity contribution is 6.31. The molecular weight excluding hydrogens is 334 g/mol. The summed E-state index contributed by atoms with van der Waals surface area (Å²) in [6.07, 6.45) is 1.70. The zero-order chi connectivity index (χ0) is 17.8. The van der Waals surface area contributed by atoms with E-state index in [1.807, 2.05) is 24.3 Å². The molecular formula is C20H16ClN3O. The third-order valence-corrected chi connectivity index (χ3v) is 4.14. The normalized spacial score (nSPS) is 10.4. The Balaban J connectivity index is 1.86. The van der Waals surface area contributed by atoms with E-state index in [0.29, 0.717) is 29.4 Å². The maximum atomic E-state index is 12.9. The molecule has 1 N–H and O–H groups in total. The van der Waals surface area contributed by atoms with Gasteiger partial charge in [0.05, 0.1) is 11.6 Å². The Morgan fingerprint density at radius 3 is 2.68 bits per heavy atom. The Morgan fingerprint density at radius 1 is 1.24 bits per heavy atom. The van der Waals surface area contributed by atoms with E-state index in [1.54, 1.807) is 35.2 Å². The molecule has 5 heteroatoms. The highest BCUT2D eigenvalue weighted by Gasteiger charge is 2.17. The summed E-state index contributed by atoms with van der Waals surface area (Å²) in [5.74, 6) is -0.114. The van der Waals surface area contributed by atoms with Crippen LogP contribution in [0.1, 0.15) is 21.6 Å². The van der Waals surface area contributed by atoms with E-state index >= 15 is 0 Å². The van der Waals surface area contributed by atoms with Gasteiger partial charge in [-0.3, -0.25) is 4.79 Å². The zero-order valence-electron chi connectivity index (χ0n) is 13.5. The van der Waals surface area contributed by atoms with Crippen LogP contribution in [-0.4, -0.2) is 22.3 Å². The number of nitriles is 1. The molecule has 0 saturated heterocycles. The Labute approximate surface area is 150 Å². The number of carbonyl (C=O) groups is 1. The van der Waals surface area contributed by atoms with E-state index < -0.39 is 0 Å². The minimum Gasteiger partial charge on any atom is -0.350 e. The van der Waals surface area contributed by atoms with Crippen LogP contribution >= 0.6 is 11.6 Å². The van der Waals surface area contributed by atoms with Crippen molar-refractivity contribution >= 4 is 28.4 Å². The number of hydrogen-bond acceptors (Lipinski definition) is 2. The Morgan fingerprint density at radius 2 is 2.00 bits per heavy atom. The maximum absolute atomic E-state index is 12.9. The molecule has 0 aliphatic rings. The molecule has 124 valence electrons. The minimum absolute atomic E-state index is 0.114. The van der Waals surface area contributed by atoms with Crippen molar-refractivity contribution in [2.45, 2.75) is 6.54 Å². The van der Waals surface area contributed by atoms with E-state index in [1.165, 1.54) is 0 Å². The molecule has 0 unspecified atom stereocenters. The second-order valence-corrected chi connectivity index (χ2v) is 6.13. The van der Waals surface area contributed by atoms with Crippen LogP contribution in [0.3, 0.4) is 0 Å². The average Bonchev–Trinajstić information content (AvgIpc) is 3.04. The van der Waals surface area contributed by atoms with Gasteiger partial charge in [-0.05, 0) is 35.9 Å². The van der Waals surface area contributed by atoms with Crippen molar-refractivity contribution < 1.29 is 4.79 Å². The molecule has 0 radical (unpaired) electrons. The van der Waals surface area contributed by atoms with Crippen LogP contribution in [0.4, 0.5) is 0 Å². The number of halogens is 1. The Hall–Kier alpha value is -3.03. The second kappa shape index (κ2) is 7.25. The highest BCUT2D eigenvalue weighted by Crippen LogP contribution is 2.21. The fraction of sp³-hybridized carbons (Fsp3) is 0.100. The minimum atomic E-state index is -0.114. The van der Waals surface area contributed by atoms with Crippen LogP contribution in [-0.2, 0) is 6.54 Å². The van der Waals surface area contributed by atoms with Gasteiger partial charge in [-0.15, -0.1) is 6.58 Å². The van der Waals surface area contributed by atoms with Crippen LogP contribution in [0.2, 0.25) is 5.02 Å². The molecule has 1 heterocycles. The molecule has 3 rings (SSSR count). The molecule has 25 heavy (non-hydrogen) atoms. The van der Waals surface area contributed by atoms with Gasteiger partial charge in [-0.2, -0.15) is 5.26 Å². The molecule has 0 saturated carbocycles. The van der Waals surface area contributed by atoms with Crippen LogP contribution < -0.4 is 0 Å². The van der Waals surface area contributed by atoms with E-state index in [2.05, 4.69) is 17.6 Å². The van der Waals surface area contributed by atoms with Gasteiger partial charge in [-0.1, -0.05) is 35.9 Å². The van der Waals surface area contributed by atoms with E-state index in [9.17, 15) is 4.79 Å². The number of aromatic nitrogens is 1. The summed E-state index contributed by atoms with van der Waals surface area (Å²) < 4.78 is 0. The first-order valence-electron chi connectivity index (χ1n) is 7.78. The lowest BCUT2D eigenvalue weighted by atomic mass is 10.1. The number of amides is 1. The molecule has 0 fully saturated rings. The predicted molar refractivity (Wildman–Crippen MR) is 99.4 cm³/mol. The number of benzene rings is 2. The number of rotatable bonds is 5. The molecule has 2 aromatic carbocycles. The van der Waals surface area contributed by atoms with Crippen LogP contribution in [0.25, 0.3) is 10.9 Å². The lowest BCUT2D eigenvalue weighted by Crippen LogP contribution is -2.30. The van der Waals surface area contributed by atoms with Crippen molar-refractivity contribution in [1.29, 1.82) is 5.26 Å². The van der Waals surface area contributed by atoms with Gasteiger partial charge in [-0.25, -0.2) is 0 Å². The zero-order valence-corrected chi connectivity index (χ0v) is 14.3. The van der Waals surface area contributed by atoms with Gasteiger partial charge in [0.25, 0.3) is 5.91 Å². The van der Waals surface area contributed by atoms with E-state index in [-0.39, 0.29) is 5.91 Å². The van der Waals surface area contributed by atoms with Crippen molar-refractivity contribution in [1.82, 2.24) is 9.88 Å². The van der Waals surface area contributed by atoms with Crippen LogP contribution in [0.15, 0.2) is 61.2 Å². The first-order chi connectivity index (χ1) is 12.1. The van der Waals surface area contributed by atoms with Gasteiger partial charge in [0.1, 0.15) is 5.69 Å². The van der Waals surface area contributed by atoms with Gasteiger partial charge in [0.15, 0.2) is 0 Å². The molecule has 1 aromatic heterocycles. The quantitative estimate of drug-likeness (QED) is 0.688.